The van der Waals surface area contributed by atoms with E-state index < -0.39 is 4.92 Å². The van der Waals surface area contributed by atoms with Crippen LogP contribution in [0.5, 0.6) is 5.75 Å². The van der Waals surface area contributed by atoms with Crippen molar-refractivity contribution in [1.82, 2.24) is 20.1 Å². The number of hydrogen-bond acceptors (Lipinski definition) is 6. The van der Waals surface area contributed by atoms with Gasteiger partial charge in [0.05, 0.1) is 24.1 Å². The molecule has 2 aromatic rings. The monoisotopic (exact) mass is 291 g/mol. The van der Waals surface area contributed by atoms with Crippen LogP contribution in [0.3, 0.4) is 0 Å². The third-order valence-electron chi connectivity index (χ3n) is 3.14. The Hall–Kier alpha value is -2.48. The summed E-state index contributed by atoms with van der Waals surface area (Å²) in [5.41, 5.74) is 0.785. The van der Waals surface area contributed by atoms with Crippen molar-refractivity contribution in [3.8, 4) is 5.75 Å². The minimum Gasteiger partial charge on any atom is -0.496 e. The molecule has 1 aromatic heterocycles. The molecule has 21 heavy (non-hydrogen) atoms. The van der Waals surface area contributed by atoms with Crippen LogP contribution in [0.1, 0.15) is 24.4 Å². The molecule has 1 unspecified atom stereocenters. The number of benzene rings is 1. The predicted molar refractivity (Wildman–Crippen MR) is 75.9 cm³/mol. The first-order chi connectivity index (χ1) is 10.0. The van der Waals surface area contributed by atoms with Crippen molar-refractivity contribution in [2.45, 2.75) is 19.5 Å². The van der Waals surface area contributed by atoms with Gasteiger partial charge in [-0.2, -0.15) is 0 Å². The Morgan fingerprint density at radius 2 is 2.24 bits per heavy atom. The highest BCUT2D eigenvalue weighted by molar-refractivity contribution is 5.42. The molecule has 1 N–H and O–H groups in total. The minimum atomic E-state index is -0.432. The van der Waals surface area contributed by atoms with Crippen molar-refractivity contribution in [1.29, 1.82) is 0 Å². The average molecular weight is 291 g/mol. The lowest BCUT2D eigenvalue weighted by Crippen LogP contribution is -2.21. The topological polar surface area (TPSA) is 95.1 Å². The molecule has 0 aliphatic rings. The smallest absolute Gasteiger partial charge is 0.273 e. The van der Waals surface area contributed by atoms with Crippen molar-refractivity contribution in [2.24, 2.45) is 7.05 Å². The van der Waals surface area contributed by atoms with Crippen molar-refractivity contribution < 1.29 is 9.66 Å². The quantitative estimate of drug-likeness (QED) is 0.641. The normalized spacial score (nSPS) is 12.1. The molecule has 0 spiro atoms. The zero-order valence-corrected chi connectivity index (χ0v) is 12.1. The Morgan fingerprint density at radius 3 is 2.81 bits per heavy atom. The van der Waals surface area contributed by atoms with Crippen LogP contribution < -0.4 is 10.1 Å². The maximum absolute atomic E-state index is 10.9. The van der Waals surface area contributed by atoms with Crippen LogP contribution >= 0.6 is 0 Å². The Morgan fingerprint density at radius 1 is 1.48 bits per heavy atom. The fraction of sp³-hybridized carbons (Fsp3) is 0.385. The first kappa shape index (κ1) is 14.9. The van der Waals surface area contributed by atoms with E-state index >= 15 is 0 Å². The molecule has 8 heteroatoms. The van der Waals surface area contributed by atoms with Crippen LogP contribution in [-0.4, -0.2) is 26.8 Å². The van der Waals surface area contributed by atoms with Gasteiger partial charge in [0, 0.05) is 19.7 Å². The highest BCUT2D eigenvalue weighted by Crippen LogP contribution is 2.23. The minimum absolute atomic E-state index is 0.0115. The Bertz CT molecular complexity index is 640. The lowest BCUT2D eigenvalue weighted by Gasteiger charge is -2.13. The lowest BCUT2D eigenvalue weighted by molar-refractivity contribution is -0.385. The number of nitro benzene ring substituents is 1. The number of non-ortho nitro benzene ring substituents is 1. The van der Waals surface area contributed by atoms with Gasteiger partial charge in [-0.05, 0) is 18.6 Å². The first-order valence-electron chi connectivity index (χ1n) is 6.41. The fourth-order valence-corrected chi connectivity index (χ4v) is 2.02. The largest absolute Gasteiger partial charge is 0.496 e. The number of hydrogen-bond donors (Lipinski definition) is 1. The first-order valence-corrected chi connectivity index (χ1v) is 6.41. The molecule has 0 amide bonds. The zero-order valence-electron chi connectivity index (χ0n) is 12.1. The fourth-order valence-electron chi connectivity index (χ4n) is 2.02. The van der Waals surface area contributed by atoms with E-state index in [1.165, 1.54) is 19.2 Å². The SMILES string of the molecule is COc1cc(CNC(C)c2nncn2C)cc([N+](=O)[O-])c1. The highest BCUT2D eigenvalue weighted by atomic mass is 16.6. The van der Waals surface area contributed by atoms with E-state index in [4.69, 9.17) is 4.74 Å². The van der Waals surface area contributed by atoms with Gasteiger partial charge in [-0.3, -0.25) is 10.1 Å². The van der Waals surface area contributed by atoms with Crippen molar-refractivity contribution in [2.75, 3.05) is 7.11 Å². The van der Waals surface area contributed by atoms with Crippen LogP contribution in [0.25, 0.3) is 0 Å². The summed E-state index contributed by atoms with van der Waals surface area (Å²) in [6.45, 7) is 2.42. The molecule has 0 bridgehead atoms. The van der Waals surface area contributed by atoms with Gasteiger partial charge in [0.1, 0.15) is 17.9 Å². The maximum atomic E-state index is 10.9. The second kappa shape index (κ2) is 6.31. The Labute approximate surface area is 121 Å². The molecule has 112 valence electrons. The summed E-state index contributed by atoms with van der Waals surface area (Å²) in [4.78, 5) is 10.5. The third kappa shape index (κ3) is 3.54. The summed E-state index contributed by atoms with van der Waals surface area (Å²) >= 11 is 0. The third-order valence-corrected chi connectivity index (χ3v) is 3.14. The van der Waals surface area contributed by atoms with Gasteiger partial charge in [-0.15, -0.1) is 10.2 Å². The molecule has 0 aliphatic carbocycles. The van der Waals surface area contributed by atoms with E-state index in [1.54, 1.807) is 12.4 Å². The summed E-state index contributed by atoms with van der Waals surface area (Å²) < 4.78 is 6.91. The summed E-state index contributed by atoms with van der Waals surface area (Å²) in [5, 5.41) is 22.0. The molecule has 0 radical (unpaired) electrons. The molecule has 2 rings (SSSR count). The summed E-state index contributed by atoms with van der Waals surface area (Å²) in [5.74, 6) is 1.26. The molecule has 0 fully saturated rings. The van der Waals surface area contributed by atoms with Gasteiger partial charge in [0.2, 0.25) is 0 Å². The van der Waals surface area contributed by atoms with Crippen molar-refractivity contribution >= 4 is 5.69 Å². The Kier molecular flexibility index (Phi) is 4.49. The van der Waals surface area contributed by atoms with E-state index in [0.717, 1.165) is 11.4 Å². The number of rotatable bonds is 6. The van der Waals surface area contributed by atoms with Gasteiger partial charge in [-0.25, -0.2) is 0 Å². The van der Waals surface area contributed by atoms with E-state index in [1.807, 2.05) is 18.5 Å². The Balaban J connectivity index is 2.11. The van der Waals surface area contributed by atoms with Crippen molar-refractivity contribution in [3.05, 3.63) is 46.0 Å². The van der Waals surface area contributed by atoms with E-state index in [-0.39, 0.29) is 11.7 Å². The number of aromatic nitrogens is 3. The molecule has 1 heterocycles. The second-order valence-electron chi connectivity index (χ2n) is 4.70. The van der Waals surface area contributed by atoms with Crippen molar-refractivity contribution in [3.63, 3.8) is 0 Å². The second-order valence-corrected chi connectivity index (χ2v) is 4.70. The number of nitrogens with zero attached hydrogens (tertiary/aromatic N) is 4. The molecular weight excluding hydrogens is 274 g/mol. The standard InChI is InChI=1S/C13H17N5O3/c1-9(13-16-15-8-17(13)2)14-7-10-4-11(18(19)20)6-12(5-10)21-3/h4-6,8-9,14H,7H2,1-3H3. The molecule has 1 aromatic carbocycles. The summed E-state index contributed by atoms with van der Waals surface area (Å²) in [7, 11) is 3.35. The molecule has 1 atom stereocenters. The number of nitrogens with one attached hydrogen (secondary N) is 1. The van der Waals surface area contributed by atoms with Crippen LogP contribution in [0.2, 0.25) is 0 Å². The van der Waals surface area contributed by atoms with E-state index in [2.05, 4.69) is 15.5 Å². The van der Waals surface area contributed by atoms with Crippen LogP contribution in [0, 0.1) is 10.1 Å². The molecule has 8 nitrogen and oxygen atoms in total. The molecular formula is C13H17N5O3. The molecule has 0 aliphatic heterocycles. The van der Waals surface area contributed by atoms with Gasteiger partial charge < -0.3 is 14.6 Å². The van der Waals surface area contributed by atoms with Crippen LogP contribution in [0.15, 0.2) is 24.5 Å². The van der Waals surface area contributed by atoms with Gasteiger partial charge in [-0.1, -0.05) is 0 Å². The summed E-state index contributed by atoms with van der Waals surface area (Å²) in [6, 6.07) is 4.67. The van der Waals surface area contributed by atoms with E-state index in [0.29, 0.717) is 12.3 Å². The average Bonchev–Trinajstić information content (AvgIpc) is 2.90. The van der Waals surface area contributed by atoms with Gasteiger partial charge >= 0.3 is 0 Å². The lowest BCUT2D eigenvalue weighted by atomic mass is 10.1. The predicted octanol–water partition coefficient (Wildman–Crippen LogP) is 1.58. The van der Waals surface area contributed by atoms with Gasteiger partial charge in [0.25, 0.3) is 5.69 Å². The molecule has 0 saturated carbocycles. The number of nitro groups is 1. The number of ether oxygens (including phenoxy) is 1. The number of aryl methyl sites for hydroxylation is 1. The molecule has 0 saturated heterocycles. The zero-order chi connectivity index (χ0) is 15.4. The van der Waals surface area contributed by atoms with Crippen LogP contribution in [-0.2, 0) is 13.6 Å². The highest BCUT2D eigenvalue weighted by Gasteiger charge is 2.13. The summed E-state index contributed by atoms with van der Waals surface area (Å²) in [6.07, 6.45) is 1.63. The number of methoxy groups -OCH3 is 1. The maximum Gasteiger partial charge on any atom is 0.273 e. The van der Waals surface area contributed by atoms with Crippen LogP contribution in [0.4, 0.5) is 5.69 Å². The van der Waals surface area contributed by atoms with E-state index in [9.17, 15) is 10.1 Å². The van der Waals surface area contributed by atoms with Gasteiger partial charge in [0.15, 0.2) is 0 Å².